The van der Waals surface area contributed by atoms with E-state index in [1.807, 2.05) is 27.1 Å². The van der Waals surface area contributed by atoms with Crippen molar-refractivity contribution < 1.29 is 0 Å². The fourth-order valence-electron chi connectivity index (χ4n) is 1.19. The van der Waals surface area contributed by atoms with Crippen molar-refractivity contribution in [3.05, 3.63) is 48.1 Å². The molecule has 1 aromatic rings. The molecule has 0 bridgehead atoms. The number of hydrogen-bond acceptors (Lipinski definition) is 1. The molecule has 1 aromatic carbocycles. The zero-order valence-electron chi connectivity index (χ0n) is 9.12. The van der Waals surface area contributed by atoms with Crippen molar-refractivity contribution in [2.45, 2.75) is 6.92 Å². The smallest absolute Gasteiger partial charge is 0.0361 e. The second-order valence-corrected chi connectivity index (χ2v) is 3.58. The first kappa shape index (κ1) is 10.6. The van der Waals surface area contributed by atoms with E-state index in [1.54, 1.807) is 0 Å². The Kier molecular flexibility index (Phi) is 3.52. The Balaban J connectivity index is 2.89. The molecule has 0 saturated carbocycles. The summed E-state index contributed by atoms with van der Waals surface area (Å²) in [5, 5.41) is 0. The topological polar surface area (TPSA) is 3.24 Å². The van der Waals surface area contributed by atoms with Gasteiger partial charge in [0.15, 0.2) is 0 Å². The van der Waals surface area contributed by atoms with Gasteiger partial charge in [-0.2, -0.15) is 0 Å². The summed E-state index contributed by atoms with van der Waals surface area (Å²) in [6, 6.07) is 8.45. The fourth-order valence-corrected chi connectivity index (χ4v) is 1.19. The molecule has 0 fully saturated rings. The normalized spacial score (nSPS) is 11.2. The van der Waals surface area contributed by atoms with Gasteiger partial charge in [0, 0.05) is 19.8 Å². The third-order valence-corrected chi connectivity index (χ3v) is 2.13. The molecule has 0 aliphatic rings. The van der Waals surface area contributed by atoms with Crippen LogP contribution in [0.5, 0.6) is 0 Å². The van der Waals surface area contributed by atoms with Gasteiger partial charge in [-0.15, -0.1) is 0 Å². The molecule has 0 heterocycles. The largest absolute Gasteiger partial charge is 0.378 e. The molecular weight excluding hydrogens is 170 g/mol. The van der Waals surface area contributed by atoms with E-state index < -0.39 is 0 Å². The molecule has 0 aliphatic carbocycles. The molecule has 1 heteroatoms. The summed E-state index contributed by atoms with van der Waals surface area (Å²) >= 11 is 0. The van der Waals surface area contributed by atoms with Crippen LogP contribution in [-0.4, -0.2) is 14.1 Å². The van der Waals surface area contributed by atoms with E-state index >= 15 is 0 Å². The van der Waals surface area contributed by atoms with Gasteiger partial charge in [0.05, 0.1) is 0 Å². The van der Waals surface area contributed by atoms with Crippen LogP contribution in [-0.2, 0) is 0 Å². The minimum Gasteiger partial charge on any atom is -0.378 e. The van der Waals surface area contributed by atoms with E-state index in [0.29, 0.717) is 0 Å². The standard InChI is InChI=1S/C13H17N/c1-5-11(2)10-12-6-8-13(9-7-12)14(3)4/h5-10H,1H2,2-4H3. The third kappa shape index (κ3) is 2.77. The lowest BCUT2D eigenvalue weighted by molar-refractivity contribution is 1.13. The van der Waals surface area contributed by atoms with Crippen LogP contribution in [0, 0.1) is 0 Å². The molecular formula is C13H17N. The zero-order chi connectivity index (χ0) is 10.6. The minimum atomic E-state index is 1.18. The Morgan fingerprint density at radius 1 is 1.21 bits per heavy atom. The van der Waals surface area contributed by atoms with Gasteiger partial charge >= 0.3 is 0 Å². The fraction of sp³-hybridized carbons (Fsp3) is 0.231. The lowest BCUT2D eigenvalue weighted by atomic mass is 10.1. The lowest BCUT2D eigenvalue weighted by Crippen LogP contribution is -2.07. The van der Waals surface area contributed by atoms with Crippen molar-refractivity contribution in [3.8, 4) is 0 Å². The molecule has 0 amide bonds. The number of rotatable bonds is 3. The quantitative estimate of drug-likeness (QED) is 0.656. The van der Waals surface area contributed by atoms with E-state index in [2.05, 4.69) is 41.8 Å². The third-order valence-electron chi connectivity index (χ3n) is 2.13. The first-order valence-corrected chi connectivity index (χ1v) is 4.71. The van der Waals surface area contributed by atoms with E-state index in [9.17, 15) is 0 Å². The van der Waals surface area contributed by atoms with Crippen LogP contribution >= 0.6 is 0 Å². The Morgan fingerprint density at radius 3 is 2.21 bits per heavy atom. The molecule has 0 aliphatic heterocycles. The van der Waals surface area contributed by atoms with Crippen molar-refractivity contribution in [1.29, 1.82) is 0 Å². The van der Waals surface area contributed by atoms with Crippen LogP contribution in [0.15, 0.2) is 42.5 Å². The van der Waals surface area contributed by atoms with E-state index in [4.69, 9.17) is 0 Å². The van der Waals surface area contributed by atoms with Gasteiger partial charge in [0.25, 0.3) is 0 Å². The number of nitrogens with zero attached hydrogens (tertiary/aromatic N) is 1. The molecule has 0 spiro atoms. The van der Waals surface area contributed by atoms with Gasteiger partial charge in [0.2, 0.25) is 0 Å². The number of benzene rings is 1. The summed E-state index contributed by atoms with van der Waals surface area (Å²) in [5.74, 6) is 0. The van der Waals surface area contributed by atoms with Gasteiger partial charge < -0.3 is 4.90 Å². The Labute approximate surface area is 86.4 Å². The summed E-state index contributed by atoms with van der Waals surface area (Å²) in [6.07, 6.45) is 3.98. The lowest BCUT2D eigenvalue weighted by Gasteiger charge is -2.11. The van der Waals surface area contributed by atoms with Crippen LogP contribution in [0.1, 0.15) is 12.5 Å². The predicted molar refractivity (Wildman–Crippen MR) is 64.6 cm³/mol. The number of hydrogen-bond donors (Lipinski definition) is 0. The van der Waals surface area contributed by atoms with Gasteiger partial charge in [-0.25, -0.2) is 0 Å². The van der Waals surface area contributed by atoms with Crippen LogP contribution in [0.25, 0.3) is 6.08 Å². The highest BCUT2D eigenvalue weighted by Crippen LogP contribution is 2.14. The number of anilines is 1. The SMILES string of the molecule is C=CC(C)=Cc1ccc(N(C)C)cc1. The first-order valence-electron chi connectivity index (χ1n) is 4.71. The Bertz CT molecular complexity index is 331. The maximum absolute atomic E-state index is 3.73. The molecule has 74 valence electrons. The Hall–Kier alpha value is -1.50. The van der Waals surface area contributed by atoms with Crippen molar-refractivity contribution >= 4 is 11.8 Å². The summed E-state index contributed by atoms with van der Waals surface area (Å²) in [5.41, 5.74) is 3.62. The van der Waals surface area contributed by atoms with Crippen LogP contribution in [0.4, 0.5) is 5.69 Å². The maximum atomic E-state index is 3.73. The van der Waals surface area contributed by atoms with Crippen LogP contribution in [0.2, 0.25) is 0 Å². The predicted octanol–water partition coefficient (Wildman–Crippen LogP) is 3.34. The summed E-state index contributed by atoms with van der Waals surface area (Å²) < 4.78 is 0. The molecule has 0 atom stereocenters. The van der Waals surface area contributed by atoms with Crippen molar-refractivity contribution in [1.82, 2.24) is 0 Å². The molecule has 0 saturated heterocycles. The zero-order valence-corrected chi connectivity index (χ0v) is 9.12. The van der Waals surface area contributed by atoms with Crippen molar-refractivity contribution in [3.63, 3.8) is 0 Å². The van der Waals surface area contributed by atoms with Gasteiger partial charge in [-0.3, -0.25) is 0 Å². The van der Waals surface area contributed by atoms with E-state index in [1.165, 1.54) is 16.8 Å². The molecule has 0 N–H and O–H groups in total. The summed E-state index contributed by atoms with van der Waals surface area (Å²) in [7, 11) is 4.08. The van der Waals surface area contributed by atoms with Crippen LogP contribution in [0.3, 0.4) is 0 Å². The van der Waals surface area contributed by atoms with E-state index in [-0.39, 0.29) is 0 Å². The Morgan fingerprint density at radius 2 is 1.79 bits per heavy atom. The van der Waals surface area contributed by atoms with Gasteiger partial charge in [-0.1, -0.05) is 36.4 Å². The molecule has 0 aromatic heterocycles. The van der Waals surface area contributed by atoms with Crippen LogP contribution < -0.4 is 4.90 Å². The second kappa shape index (κ2) is 4.66. The molecule has 14 heavy (non-hydrogen) atoms. The molecule has 0 unspecified atom stereocenters. The summed E-state index contributed by atoms with van der Waals surface area (Å²) in [4.78, 5) is 2.09. The van der Waals surface area contributed by atoms with Crippen molar-refractivity contribution in [2.75, 3.05) is 19.0 Å². The summed E-state index contributed by atoms with van der Waals surface area (Å²) in [6.45, 7) is 5.77. The number of allylic oxidation sites excluding steroid dienone is 2. The highest BCUT2D eigenvalue weighted by atomic mass is 15.1. The highest BCUT2D eigenvalue weighted by molar-refractivity contribution is 5.58. The minimum absolute atomic E-state index is 1.18. The molecule has 1 nitrogen and oxygen atoms in total. The van der Waals surface area contributed by atoms with Crippen molar-refractivity contribution in [2.24, 2.45) is 0 Å². The highest BCUT2D eigenvalue weighted by Gasteiger charge is 1.93. The molecule has 1 rings (SSSR count). The maximum Gasteiger partial charge on any atom is 0.0361 e. The average Bonchev–Trinajstić information content (AvgIpc) is 2.18. The van der Waals surface area contributed by atoms with E-state index in [0.717, 1.165) is 0 Å². The monoisotopic (exact) mass is 187 g/mol. The average molecular weight is 187 g/mol. The van der Waals surface area contributed by atoms with Gasteiger partial charge in [0.1, 0.15) is 0 Å². The first-order chi connectivity index (χ1) is 6.63. The molecule has 0 radical (unpaired) electrons. The second-order valence-electron chi connectivity index (χ2n) is 3.58. The van der Waals surface area contributed by atoms with Gasteiger partial charge in [-0.05, 0) is 24.6 Å².